The molecule has 1 saturated carbocycles. The van der Waals surface area contributed by atoms with Crippen molar-refractivity contribution in [2.45, 2.75) is 38.1 Å². The molecule has 0 unspecified atom stereocenters. The number of hydrogen-bond acceptors (Lipinski definition) is 4. The highest BCUT2D eigenvalue weighted by Gasteiger charge is 2.27. The molecule has 2 aromatic carbocycles. The summed E-state index contributed by atoms with van der Waals surface area (Å²) in [6.45, 7) is 3.66. The number of benzene rings is 2. The average Bonchev–Trinajstić information content (AvgIpc) is 2.85. The maximum Gasteiger partial charge on any atom is 0.257 e. The van der Waals surface area contributed by atoms with E-state index in [0.29, 0.717) is 29.0 Å². The van der Waals surface area contributed by atoms with Crippen molar-refractivity contribution < 1.29 is 9.53 Å². The molecule has 6 nitrogen and oxygen atoms in total. The molecule has 1 saturated heterocycles. The van der Waals surface area contributed by atoms with Gasteiger partial charge in [-0.3, -0.25) is 15.0 Å². The zero-order chi connectivity index (χ0) is 22.3. The van der Waals surface area contributed by atoms with E-state index in [9.17, 15) is 4.79 Å². The number of para-hydroxylation sites is 2. The monoisotopic (exact) mass is 498 g/mol. The highest BCUT2D eigenvalue weighted by Crippen LogP contribution is 2.27. The van der Waals surface area contributed by atoms with Gasteiger partial charge in [0.15, 0.2) is 0 Å². The fraction of sp³-hybridized carbons (Fsp3) is 0.440. The zero-order valence-corrected chi connectivity index (χ0v) is 20.2. The number of methoxy groups -OCH3 is 1. The predicted octanol–water partition coefficient (Wildman–Crippen LogP) is 4.83. The maximum atomic E-state index is 13.0. The predicted molar refractivity (Wildman–Crippen MR) is 132 cm³/mol. The van der Waals surface area contributed by atoms with E-state index < -0.39 is 0 Å². The third kappa shape index (κ3) is 5.70. The van der Waals surface area contributed by atoms with E-state index in [4.69, 9.17) is 9.73 Å². The second-order valence-corrected chi connectivity index (χ2v) is 9.30. The van der Waals surface area contributed by atoms with Gasteiger partial charge in [0.1, 0.15) is 11.4 Å². The van der Waals surface area contributed by atoms with Crippen molar-refractivity contribution in [3.63, 3.8) is 0 Å². The zero-order valence-electron chi connectivity index (χ0n) is 18.6. The Morgan fingerprint density at radius 1 is 1.00 bits per heavy atom. The van der Waals surface area contributed by atoms with Crippen LogP contribution < -0.4 is 10.1 Å². The summed E-state index contributed by atoms with van der Waals surface area (Å²) in [5.41, 5.74) is 1.30. The molecule has 0 spiro atoms. The molecule has 2 fully saturated rings. The Morgan fingerprint density at radius 2 is 1.69 bits per heavy atom. The second kappa shape index (κ2) is 11.0. The Hall–Kier alpha value is -2.38. The lowest BCUT2D eigenvalue weighted by Gasteiger charge is -2.41. The molecule has 2 aliphatic rings. The third-order valence-electron chi connectivity index (χ3n) is 6.35. The molecule has 1 N–H and O–H groups in total. The second-order valence-electron chi connectivity index (χ2n) is 8.38. The summed E-state index contributed by atoms with van der Waals surface area (Å²) in [5.74, 6) is 1.09. The lowest BCUT2D eigenvalue weighted by molar-refractivity contribution is 0.0943. The molecule has 32 heavy (non-hydrogen) atoms. The molecular weight excluding hydrogens is 468 g/mol. The van der Waals surface area contributed by atoms with Crippen molar-refractivity contribution in [3.05, 3.63) is 58.6 Å². The minimum absolute atomic E-state index is 0.166. The van der Waals surface area contributed by atoms with Gasteiger partial charge in [0, 0.05) is 42.3 Å². The Morgan fingerprint density at radius 3 is 2.38 bits per heavy atom. The van der Waals surface area contributed by atoms with Crippen LogP contribution in [-0.2, 0) is 0 Å². The van der Waals surface area contributed by atoms with Crippen LogP contribution in [0.3, 0.4) is 0 Å². The standard InChI is InChI=1S/C25H31BrN4O2/c1-32-23-10-6-5-9-22(23)27-25(28-24(31)19-11-13-20(26)14-12-19)30-17-15-29(16-18-30)21-7-3-2-4-8-21/h5-6,9-14,21H,2-4,7-8,15-18H2,1H3,(H,27,28,31). The summed E-state index contributed by atoms with van der Waals surface area (Å²) in [4.78, 5) is 22.6. The topological polar surface area (TPSA) is 57.2 Å². The van der Waals surface area contributed by atoms with E-state index in [1.165, 1.54) is 32.1 Å². The van der Waals surface area contributed by atoms with E-state index in [1.807, 2.05) is 36.4 Å². The van der Waals surface area contributed by atoms with E-state index in [2.05, 4.69) is 31.0 Å². The van der Waals surface area contributed by atoms with Crippen LogP contribution in [0.5, 0.6) is 5.75 Å². The lowest BCUT2D eigenvalue weighted by Crippen LogP contribution is -2.55. The molecule has 0 bridgehead atoms. The van der Waals surface area contributed by atoms with Crippen molar-refractivity contribution in [2.75, 3.05) is 33.3 Å². The molecule has 170 valence electrons. The van der Waals surface area contributed by atoms with Gasteiger partial charge in [0.05, 0.1) is 7.11 Å². The number of carbonyl (C=O) groups is 1. The molecule has 1 aliphatic carbocycles. The number of amides is 1. The van der Waals surface area contributed by atoms with E-state index in [0.717, 1.165) is 30.7 Å². The number of aliphatic imine (C=N–C) groups is 1. The number of nitrogens with zero attached hydrogens (tertiary/aromatic N) is 3. The molecule has 1 aliphatic heterocycles. The van der Waals surface area contributed by atoms with Gasteiger partial charge in [-0.15, -0.1) is 0 Å². The molecule has 0 atom stereocenters. The average molecular weight is 499 g/mol. The number of rotatable bonds is 4. The summed E-state index contributed by atoms with van der Waals surface area (Å²) < 4.78 is 6.42. The summed E-state index contributed by atoms with van der Waals surface area (Å²) in [6, 6.07) is 15.7. The first-order valence-electron chi connectivity index (χ1n) is 11.4. The van der Waals surface area contributed by atoms with Gasteiger partial charge in [0.25, 0.3) is 5.91 Å². The molecular formula is C25H31BrN4O2. The fourth-order valence-electron chi connectivity index (χ4n) is 4.53. The van der Waals surface area contributed by atoms with Crippen molar-refractivity contribution in [2.24, 2.45) is 4.99 Å². The van der Waals surface area contributed by atoms with Gasteiger partial charge in [0.2, 0.25) is 5.96 Å². The van der Waals surface area contributed by atoms with Crippen LogP contribution in [0.4, 0.5) is 5.69 Å². The Kier molecular flexibility index (Phi) is 7.81. The summed E-state index contributed by atoms with van der Waals surface area (Å²) in [6.07, 6.45) is 6.67. The van der Waals surface area contributed by atoms with E-state index >= 15 is 0 Å². The first kappa shape index (κ1) is 22.8. The maximum absolute atomic E-state index is 13.0. The molecule has 4 rings (SSSR count). The number of carbonyl (C=O) groups excluding carboxylic acids is 1. The van der Waals surface area contributed by atoms with Gasteiger partial charge >= 0.3 is 0 Å². The normalized spacial score (nSPS) is 18.4. The van der Waals surface area contributed by atoms with Crippen LogP contribution in [0.25, 0.3) is 0 Å². The number of piperazine rings is 1. The van der Waals surface area contributed by atoms with Crippen molar-refractivity contribution in [3.8, 4) is 5.75 Å². The smallest absolute Gasteiger partial charge is 0.257 e. The van der Waals surface area contributed by atoms with Crippen LogP contribution in [0.2, 0.25) is 0 Å². The molecule has 1 amide bonds. The van der Waals surface area contributed by atoms with Crippen molar-refractivity contribution >= 4 is 33.5 Å². The molecule has 7 heteroatoms. The minimum Gasteiger partial charge on any atom is -0.494 e. The molecule has 1 heterocycles. The van der Waals surface area contributed by atoms with Crippen molar-refractivity contribution in [1.82, 2.24) is 15.1 Å². The Labute approximate surface area is 198 Å². The number of nitrogens with one attached hydrogen (secondary N) is 1. The van der Waals surface area contributed by atoms with Gasteiger partial charge in [-0.25, -0.2) is 4.99 Å². The summed E-state index contributed by atoms with van der Waals surface area (Å²) in [7, 11) is 1.64. The number of ether oxygens (including phenoxy) is 1. The van der Waals surface area contributed by atoms with E-state index in [-0.39, 0.29) is 5.91 Å². The summed E-state index contributed by atoms with van der Waals surface area (Å²) in [5, 5.41) is 3.06. The van der Waals surface area contributed by atoms with Crippen molar-refractivity contribution in [1.29, 1.82) is 0 Å². The van der Waals surface area contributed by atoms with E-state index in [1.54, 1.807) is 19.2 Å². The van der Waals surface area contributed by atoms with Crippen LogP contribution in [0.15, 0.2) is 58.0 Å². The number of hydrogen-bond donors (Lipinski definition) is 1. The first-order chi connectivity index (χ1) is 15.6. The SMILES string of the molecule is COc1ccccc1N=C(NC(=O)c1ccc(Br)cc1)N1CCN(C2CCCCC2)CC1. The van der Waals surface area contributed by atoms with Gasteiger partial charge < -0.3 is 9.64 Å². The van der Waals surface area contributed by atoms with Crippen LogP contribution in [-0.4, -0.2) is 61.0 Å². The summed E-state index contributed by atoms with van der Waals surface area (Å²) >= 11 is 3.42. The third-order valence-corrected chi connectivity index (χ3v) is 6.88. The van der Waals surface area contributed by atoms with Gasteiger partial charge in [-0.1, -0.05) is 47.3 Å². The van der Waals surface area contributed by atoms with Crippen LogP contribution >= 0.6 is 15.9 Å². The van der Waals surface area contributed by atoms with Crippen LogP contribution in [0.1, 0.15) is 42.5 Å². The molecule has 0 aromatic heterocycles. The highest BCUT2D eigenvalue weighted by atomic mass is 79.9. The number of guanidine groups is 1. The highest BCUT2D eigenvalue weighted by molar-refractivity contribution is 9.10. The first-order valence-corrected chi connectivity index (χ1v) is 12.2. The fourth-order valence-corrected chi connectivity index (χ4v) is 4.80. The molecule has 0 radical (unpaired) electrons. The largest absolute Gasteiger partial charge is 0.494 e. The molecule has 2 aromatic rings. The van der Waals surface area contributed by atoms with Gasteiger partial charge in [-0.2, -0.15) is 0 Å². The Balaban J connectivity index is 1.53. The Bertz CT molecular complexity index is 933. The quantitative estimate of drug-likeness (QED) is 0.484. The van der Waals surface area contributed by atoms with Gasteiger partial charge in [-0.05, 0) is 49.2 Å². The minimum atomic E-state index is -0.166. The number of halogens is 1. The van der Waals surface area contributed by atoms with Crippen LogP contribution in [0, 0.1) is 0 Å². The lowest BCUT2D eigenvalue weighted by atomic mass is 9.94.